The molecule has 2 nitrogen and oxygen atoms in total. The average Bonchev–Trinajstić information content (AvgIpc) is 1.65. The van der Waals surface area contributed by atoms with Gasteiger partial charge in [-0.25, -0.2) is 0 Å². The van der Waals surface area contributed by atoms with E-state index in [2.05, 4.69) is 15.9 Å². The van der Waals surface area contributed by atoms with E-state index in [0.717, 1.165) is 0 Å². The summed E-state index contributed by atoms with van der Waals surface area (Å²) in [6.45, 7) is 1.59. The van der Waals surface area contributed by atoms with E-state index in [1.165, 1.54) is 0 Å². The monoisotopic (exact) mass is 165 g/mol. The van der Waals surface area contributed by atoms with Crippen LogP contribution in [0.3, 0.4) is 0 Å². The molecule has 3 heteroatoms. The fraction of sp³-hybridized carbons (Fsp3) is 0.750. The Kier molecular flexibility index (Phi) is 3.00. The van der Waals surface area contributed by atoms with Gasteiger partial charge in [-0.15, -0.1) is 0 Å². The molecular weight excluding hydrogens is 160 g/mol. The van der Waals surface area contributed by atoms with Crippen LogP contribution in [-0.4, -0.2) is 11.3 Å². The quantitative estimate of drug-likeness (QED) is 0.531. The molecule has 0 fully saturated rings. The van der Waals surface area contributed by atoms with Crippen LogP contribution < -0.4 is 5.11 Å². The van der Waals surface area contributed by atoms with Gasteiger partial charge >= 0.3 is 0 Å². The molecule has 0 amide bonds. The smallest absolute Gasteiger partial charge is 0.0450 e. The van der Waals surface area contributed by atoms with Gasteiger partial charge in [-0.2, -0.15) is 0 Å². The zero-order valence-corrected chi connectivity index (χ0v) is 5.56. The summed E-state index contributed by atoms with van der Waals surface area (Å²) in [5, 5.41) is 10.3. The van der Waals surface area contributed by atoms with E-state index in [1.807, 2.05) is 0 Å². The van der Waals surface area contributed by atoms with Crippen LogP contribution in [-0.2, 0) is 4.79 Å². The number of carboxylic acid groups (broad SMARTS) is 1. The Balaban J connectivity index is 3.34. The van der Waals surface area contributed by atoms with Crippen molar-refractivity contribution < 1.29 is 9.90 Å². The first-order valence-electron chi connectivity index (χ1n) is 1.95. The summed E-state index contributed by atoms with van der Waals surface area (Å²) in [6, 6.07) is 0. The molecule has 0 saturated carbocycles. The minimum absolute atomic E-state index is 0.375. The van der Waals surface area contributed by atoms with Gasteiger partial charge in [-0.1, -0.05) is 22.9 Å². The predicted molar refractivity (Wildman–Crippen MR) is 28.0 cm³/mol. The molecule has 0 aliphatic heterocycles. The molecule has 0 bridgehead atoms. The van der Waals surface area contributed by atoms with Crippen LogP contribution in [0.1, 0.15) is 6.92 Å². The Morgan fingerprint density at radius 1 is 2.00 bits per heavy atom. The molecule has 0 rings (SSSR count). The van der Waals surface area contributed by atoms with E-state index in [4.69, 9.17) is 0 Å². The topological polar surface area (TPSA) is 40.1 Å². The molecule has 0 aromatic heterocycles. The second kappa shape index (κ2) is 3.02. The van der Waals surface area contributed by atoms with Gasteiger partial charge in [0.15, 0.2) is 0 Å². The van der Waals surface area contributed by atoms with E-state index in [-0.39, 0.29) is 5.92 Å². The van der Waals surface area contributed by atoms with Gasteiger partial charge < -0.3 is 9.90 Å². The van der Waals surface area contributed by atoms with Crippen LogP contribution in [0.2, 0.25) is 0 Å². The van der Waals surface area contributed by atoms with Crippen LogP contribution in [0.15, 0.2) is 0 Å². The molecule has 1 unspecified atom stereocenters. The number of aliphatic carboxylic acids is 1. The summed E-state index contributed by atoms with van der Waals surface area (Å²) >= 11 is 2.99. The van der Waals surface area contributed by atoms with Crippen LogP contribution >= 0.6 is 15.9 Å². The first-order valence-corrected chi connectivity index (χ1v) is 3.07. The van der Waals surface area contributed by atoms with Gasteiger partial charge in [-0.05, 0) is 0 Å². The molecule has 0 aliphatic carbocycles. The number of carbonyl (C=O) groups excluding carboxylic acids is 1. The first-order chi connectivity index (χ1) is 3.18. The lowest BCUT2D eigenvalue weighted by Gasteiger charge is -2.05. The van der Waals surface area contributed by atoms with Crippen molar-refractivity contribution in [3.05, 3.63) is 0 Å². The Labute approximate surface area is 50.7 Å². The zero-order chi connectivity index (χ0) is 5.86. The first kappa shape index (κ1) is 6.95. The highest BCUT2D eigenvalue weighted by Crippen LogP contribution is 1.95. The lowest BCUT2D eigenvalue weighted by Crippen LogP contribution is -2.30. The van der Waals surface area contributed by atoms with Gasteiger partial charge in [-0.3, -0.25) is 0 Å². The van der Waals surface area contributed by atoms with Crippen LogP contribution in [0.4, 0.5) is 0 Å². The van der Waals surface area contributed by atoms with Crippen molar-refractivity contribution >= 4 is 21.9 Å². The summed E-state index contributed by atoms with van der Waals surface area (Å²) in [5.41, 5.74) is 0. The fourth-order valence-corrected chi connectivity index (χ4v) is 0.327. The predicted octanol–water partition coefficient (Wildman–Crippen LogP) is -0.233. The van der Waals surface area contributed by atoms with E-state index in [9.17, 15) is 9.90 Å². The molecular formula is C4H6BrO2-. The SMILES string of the molecule is CC(CBr)C(=O)[O-]. The minimum Gasteiger partial charge on any atom is -0.550 e. The summed E-state index contributed by atoms with van der Waals surface area (Å²) in [7, 11) is 0. The highest BCUT2D eigenvalue weighted by Gasteiger charge is 1.96. The zero-order valence-electron chi connectivity index (χ0n) is 3.98. The van der Waals surface area contributed by atoms with E-state index in [0.29, 0.717) is 5.33 Å². The van der Waals surface area contributed by atoms with Gasteiger partial charge in [0.1, 0.15) is 0 Å². The molecule has 0 N–H and O–H groups in total. The maximum absolute atomic E-state index is 9.79. The van der Waals surface area contributed by atoms with Gasteiger partial charge in [0.25, 0.3) is 0 Å². The van der Waals surface area contributed by atoms with Crippen molar-refractivity contribution in [1.29, 1.82) is 0 Å². The molecule has 0 radical (unpaired) electrons. The molecule has 0 aliphatic rings. The maximum Gasteiger partial charge on any atom is 0.0450 e. The average molecular weight is 166 g/mol. The van der Waals surface area contributed by atoms with E-state index in [1.54, 1.807) is 6.92 Å². The number of rotatable bonds is 2. The third kappa shape index (κ3) is 2.62. The fourth-order valence-electron chi connectivity index (χ4n) is 0.0630. The third-order valence-electron chi connectivity index (χ3n) is 0.634. The Hall–Kier alpha value is -0.0500. The summed E-state index contributed by atoms with van der Waals surface area (Å²) < 4.78 is 0. The van der Waals surface area contributed by atoms with E-state index >= 15 is 0 Å². The second-order valence-corrected chi connectivity index (χ2v) is 2.02. The lowest BCUT2D eigenvalue weighted by atomic mass is 10.2. The van der Waals surface area contributed by atoms with Crippen molar-refractivity contribution in [3.8, 4) is 0 Å². The number of hydrogen-bond donors (Lipinski definition) is 0. The van der Waals surface area contributed by atoms with Gasteiger partial charge in [0.05, 0.1) is 0 Å². The van der Waals surface area contributed by atoms with Crippen molar-refractivity contribution in [2.45, 2.75) is 6.92 Å². The van der Waals surface area contributed by atoms with Crippen LogP contribution in [0.5, 0.6) is 0 Å². The number of hydrogen-bond acceptors (Lipinski definition) is 2. The van der Waals surface area contributed by atoms with Crippen LogP contribution in [0, 0.1) is 5.92 Å². The van der Waals surface area contributed by atoms with Crippen molar-refractivity contribution in [2.24, 2.45) is 5.92 Å². The lowest BCUT2D eigenvalue weighted by molar-refractivity contribution is -0.310. The molecule has 0 saturated heterocycles. The minimum atomic E-state index is -1.00. The molecule has 0 aromatic carbocycles. The van der Waals surface area contributed by atoms with Crippen molar-refractivity contribution in [1.82, 2.24) is 0 Å². The van der Waals surface area contributed by atoms with Crippen LogP contribution in [0.25, 0.3) is 0 Å². The molecule has 0 aromatic rings. The summed E-state index contributed by atoms with van der Waals surface area (Å²) in [4.78, 5) is 9.79. The van der Waals surface area contributed by atoms with Gasteiger partial charge in [0, 0.05) is 17.2 Å². The largest absolute Gasteiger partial charge is 0.550 e. The summed E-state index contributed by atoms with van der Waals surface area (Å²) in [6.07, 6.45) is 0. The maximum atomic E-state index is 9.79. The van der Waals surface area contributed by atoms with Crippen molar-refractivity contribution in [2.75, 3.05) is 5.33 Å². The van der Waals surface area contributed by atoms with E-state index < -0.39 is 5.97 Å². The molecule has 42 valence electrons. The number of halogens is 1. The number of carboxylic acids is 1. The van der Waals surface area contributed by atoms with Crippen molar-refractivity contribution in [3.63, 3.8) is 0 Å². The highest BCUT2D eigenvalue weighted by atomic mass is 79.9. The molecule has 1 atom stereocenters. The molecule has 0 spiro atoms. The Morgan fingerprint density at radius 3 is 2.43 bits per heavy atom. The highest BCUT2D eigenvalue weighted by molar-refractivity contribution is 9.09. The summed E-state index contributed by atoms with van der Waals surface area (Å²) in [5.74, 6) is -1.38. The normalized spacial score (nSPS) is 13.4. The third-order valence-corrected chi connectivity index (χ3v) is 1.61. The molecule has 7 heavy (non-hydrogen) atoms. The second-order valence-electron chi connectivity index (χ2n) is 1.37. The molecule has 0 heterocycles. The number of carbonyl (C=O) groups is 1. The standard InChI is InChI=1S/C4H7BrO2/c1-3(2-5)4(6)7/h3H,2H2,1H3,(H,6,7)/p-1. The Morgan fingerprint density at radius 2 is 2.43 bits per heavy atom. The number of alkyl halides is 1. The Bertz CT molecular complexity index is 72.1. The van der Waals surface area contributed by atoms with Gasteiger partial charge in [0.2, 0.25) is 0 Å².